The molecule has 0 fully saturated rings. The van der Waals surface area contributed by atoms with E-state index in [1.165, 1.54) is 5.56 Å². The summed E-state index contributed by atoms with van der Waals surface area (Å²) >= 11 is 3.42. The highest BCUT2D eigenvalue weighted by Crippen LogP contribution is 2.11. The second-order valence-corrected chi connectivity index (χ2v) is 5.82. The fourth-order valence-electron chi connectivity index (χ4n) is 1.84. The number of aliphatic hydroxyl groups is 1. The summed E-state index contributed by atoms with van der Waals surface area (Å²) in [5, 5.41) is 9.87. The number of benzene rings is 1. The van der Waals surface area contributed by atoms with E-state index in [0.717, 1.165) is 30.5 Å². The second kappa shape index (κ2) is 9.48. The van der Waals surface area contributed by atoms with Crippen LogP contribution in [0.15, 0.2) is 28.7 Å². The summed E-state index contributed by atoms with van der Waals surface area (Å²) in [6.07, 6.45) is 1.76. The highest BCUT2D eigenvalue weighted by molar-refractivity contribution is 9.10. The number of aliphatic hydroxyl groups excluding tert-OH is 1. The van der Waals surface area contributed by atoms with Crippen molar-refractivity contribution in [1.29, 1.82) is 0 Å². The van der Waals surface area contributed by atoms with E-state index in [1.807, 2.05) is 19.2 Å². The second-order valence-electron chi connectivity index (χ2n) is 4.91. The highest BCUT2D eigenvalue weighted by atomic mass is 79.9. The van der Waals surface area contributed by atoms with E-state index in [4.69, 9.17) is 4.74 Å². The van der Waals surface area contributed by atoms with E-state index >= 15 is 0 Å². The van der Waals surface area contributed by atoms with Crippen LogP contribution in [0.1, 0.15) is 25.3 Å². The number of ether oxygens (including phenoxy) is 1. The summed E-state index contributed by atoms with van der Waals surface area (Å²) in [7, 11) is 2.01. The summed E-state index contributed by atoms with van der Waals surface area (Å²) in [6.45, 7) is 4.75. The Balaban J connectivity index is 2.22. The molecule has 108 valence electrons. The molecule has 0 aliphatic rings. The first-order chi connectivity index (χ1) is 9.11. The maximum atomic E-state index is 9.87. The third-order valence-corrected chi connectivity index (χ3v) is 3.37. The van der Waals surface area contributed by atoms with Crippen LogP contribution in [-0.2, 0) is 11.3 Å². The first-order valence-corrected chi connectivity index (χ1v) is 7.60. The lowest BCUT2D eigenvalue weighted by Gasteiger charge is -2.20. The number of unbranched alkanes of at least 4 members (excludes halogenated alkanes) is 1. The van der Waals surface area contributed by atoms with Crippen molar-refractivity contribution in [3.05, 3.63) is 34.3 Å². The number of hydrogen-bond donors (Lipinski definition) is 1. The Morgan fingerprint density at radius 3 is 2.63 bits per heavy atom. The van der Waals surface area contributed by atoms with Crippen molar-refractivity contribution in [3.8, 4) is 0 Å². The Hall–Kier alpha value is -0.420. The third-order valence-electron chi connectivity index (χ3n) is 2.84. The zero-order valence-corrected chi connectivity index (χ0v) is 13.4. The standard InChI is InChI=1S/C15H24BrNO2/c1-3-4-9-19-12-15(18)11-17(2)10-13-5-7-14(16)8-6-13/h5-8,15,18H,3-4,9-12H2,1-2H3. The summed E-state index contributed by atoms with van der Waals surface area (Å²) in [4.78, 5) is 2.11. The van der Waals surface area contributed by atoms with Crippen LogP contribution in [0.3, 0.4) is 0 Å². The van der Waals surface area contributed by atoms with E-state index in [-0.39, 0.29) is 0 Å². The van der Waals surface area contributed by atoms with Crippen LogP contribution in [0.5, 0.6) is 0 Å². The van der Waals surface area contributed by atoms with Crippen molar-refractivity contribution in [3.63, 3.8) is 0 Å². The van der Waals surface area contributed by atoms with Gasteiger partial charge in [0.1, 0.15) is 0 Å². The molecule has 0 radical (unpaired) electrons. The molecule has 1 unspecified atom stereocenters. The van der Waals surface area contributed by atoms with Gasteiger partial charge >= 0.3 is 0 Å². The van der Waals surface area contributed by atoms with Gasteiger partial charge in [0, 0.05) is 24.2 Å². The summed E-state index contributed by atoms with van der Waals surface area (Å²) in [6, 6.07) is 8.25. The van der Waals surface area contributed by atoms with Crippen LogP contribution in [0.4, 0.5) is 0 Å². The fraction of sp³-hybridized carbons (Fsp3) is 0.600. The molecule has 0 saturated carbocycles. The van der Waals surface area contributed by atoms with Crippen LogP contribution in [0.25, 0.3) is 0 Å². The van der Waals surface area contributed by atoms with Crippen molar-refractivity contribution >= 4 is 15.9 Å². The lowest BCUT2D eigenvalue weighted by atomic mass is 10.2. The summed E-state index contributed by atoms with van der Waals surface area (Å²) < 4.78 is 6.51. The van der Waals surface area contributed by atoms with E-state index in [0.29, 0.717) is 13.2 Å². The van der Waals surface area contributed by atoms with Gasteiger partial charge in [0.2, 0.25) is 0 Å². The molecule has 0 spiro atoms. The lowest BCUT2D eigenvalue weighted by Crippen LogP contribution is -2.32. The lowest BCUT2D eigenvalue weighted by molar-refractivity contribution is 0.0188. The van der Waals surface area contributed by atoms with Gasteiger partial charge in [-0.2, -0.15) is 0 Å². The SMILES string of the molecule is CCCCOCC(O)CN(C)Cc1ccc(Br)cc1. The smallest absolute Gasteiger partial charge is 0.0900 e. The van der Waals surface area contributed by atoms with Gasteiger partial charge in [0.05, 0.1) is 12.7 Å². The summed E-state index contributed by atoms with van der Waals surface area (Å²) in [5.74, 6) is 0. The molecule has 0 heterocycles. The monoisotopic (exact) mass is 329 g/mol. The Kier molecular flexibility index (Phi) is 8.30. The Labute approximate surface area is 124 Å². The molecule has 4 heteroatoms. The van der Waals surface area contributed by atoms with Gasteiger partial charge in [0.15, 0.2) is 0 Å². The third kappa shape index (κ3) is 7.67. The molecular weight excluding hydrogens is 306 g/mol. The molecule has 3 nitrogen and oxygen atoms in total. The molecule has 0 aromatic heterocycles. The number of nitrogens with zero attached hydrogens (tertiary/aromatic N) is 1. The molecule has 1 N–H and O–H groups in total. The molecule has 19 heavy (non-hydrogen) atoms. The van der Waals surface area contributed by atoms with Crippen LogP contribution in [0, 0.1) is 0 Å². The minimum atomic E-state index is -0.419. The number of halogens is 1. The molecule has 1 rings (SSSR count). The Morgan fingerprint density at radius 2 is 2.00 bits per heavy atom. The van der Waals surface area contributed by atoms with E-state index in [1.54, 1.807) is 0 Å². The van der Waals surface area contributed by atoms with E-state index in [2.05, 4.69) is 39.9 Å². The molecular formula is C15H24BrNO2. The van der Waals surface area contributed by atoms with Crippen LogP contribution in [-0.4, -0.2) is 42.9 Å². The Morgan fingerprint density at radius 1 is 1.32 bits per heavy atom. The largest absolute Gasteiger partial charge is 0.389 e. The van der Waals surface area contributed by atoms with E-state index < -0.39 is 6.10 Å². The molecule has 0 aliphatic carbocycles. The molecule has 1 atom stereocenters. The van der Waals surface area contributed by atoms with Gasteiger partial charge in [0.25, 0.3) is 0 Å². The summed E-state index contributed by atoms with van der Waals surface area (Å²) in [5.41, 5.74) is 1.24. The van der Waals surface area contributed by atoms with Gasteiger partial charge in [-0.25, -0.2) is 0 Å². The Bertz CT molecular complexity index is 343. The molecule has 0 bridgehead atoms. The molecule has 0 saturated heterocycles. The normalized spacial score (nSPS) is 12.9. The predicted octanol–water partition coefficient (Wildman–Crippen LogP) is 3.06. The zero-order valence-electron chi connectivity index (χ0n) is 11.8. The number of likely N-dealkylation sites (N-methyl/N-ethyl adjacent to an activating group) is 1. The van der Waals surface area contributed by atoms with Crippen molar-refractivity contribution in [1.82, 2.24) is 4.90 Å². The van der Waals surface area contributed by atoms with Crippen molar-refractivity contribution in [2.24, 2.45) is 0 Å². The maximum absolute atomic E-state index is 9.87. The van der Waals surface area contributed by atoms with Crippen LogP contribution in [0.2, 0.25) is 0 Å². The average Bonchev–Trinajstić information content (AvgIpc) is 2.37. The van der Waals surface area contributed by atoms with Gasteiger partial charge in [-0.1, -0.05) is 41.4 Å². The molecule has 0 amide bonds. The zero-order chi connectivity index (χ0) is 14.1. The quantitative estimate of drug-likeness (QED) is 0.707. The minimum absolute atomic E-state index is 0.419. The number of rotatable bonds is 9. The first kappa shape index (κ1) is 16.6. The first-order valence-electron chi connectivity index (χ1n) is 6.80. The van der Waals surface area contributed by atoms with Crippen LogP contribution >= 0.6 is 15.9 Å². The number of hydrogen-bond acceptors (Lipinski definition) is 3. The molecule has 0 aliphatic heterocycles. The maximum Gasteiger partial charge on any atom is 0.0900 e. The molecule has 1 aromatic rings. The van der Waals surface area contributed by atoms with Gasteiger partial charge in [-0.05, 0) is 31.2 Å². The van der Waals surface area contributed by atoms with Crippen molar-refractivity contribution in [2.45, 2.75) is 32.4 Å². The van der Waals surface area contributed by atoms with Crippen molar-refractivity contribution in [2.75, 3.05) is 26.8 Å². The van der Waals surface area contributed by atoms with Gasteiger partial charge < -0.3 is 9.84 Å². The molecule has 1 aromatic carbocycles. The van der Waals surface area contributed by atoms with Crippen LogP contribution < -0.4 is 0 Å². The predicted molar refractivity (Wildman–Crippen MR) is 82.2 cm³/mol. The van der Waals surface area contributed by atoms with E-state index in [9.17, 15) is 5.11 Å². The minimum Gasteiger partial charge on any atom is -0.389 e. The highest BCUT2D eigenvalue weighted by Gasteiger charge is 2.08. The fourth-order valence-corrected chi connectivity index (χ4v) is 2.11. The topological polar surface area (TPSA) is 32.7 Å². The van der Waals surface area contributed by atoms with Gasteiger partial charge in [-0.3, -0.25) is 4.90 Å². The van der Waals surface area contributed by atoms with Crippen molar-refractivity contribution < 1.29 is 9.84 Å². The van der Waals surface area contributed by atoms with Gasteiger partial charge in [-0.15, -0.1) is 0 Å². The average molecular weight is 330 g/mol.